The molecule has 3 aromatic rings. The van der Waals surface area contributed by atoms with Crippen LogP contribution in [0, 0.1) is 11.5 Å². The van der Waals surface area contributed by atoms with Crippen LogP contribution in [0.15, 0.2) is 35.1 Å². The van der Waals surface area contributed by atoms with Gasteiger partial charge in [-0.2, -0.15) is 10.2 Å². The van der Waals surface area contributed by atoms with Crippen molar-refractivity contribution in [2.24, 2.45) is 0 Å². The number of H-pyrrole nitrogens is 2. The SMILES string of the molecule is N#CNc1nc2nc(Cc3ccccc3)[nH]c2c(=O)[nH]1. The highest BCUT2D eigenvalue weighted by Gasteiger charge is 2.09. The van der Waals surface area contributed by atoms with E-state index in [4.69, 9.17) is 5.26 Å². The summed E-state index contributed by atoms with van der Waals surface area (Å²) < 4.78 is 0. The molecule has 0 aliphatic heterocycles. The maximum absolute atomic E-state index is 11.8. The van der Waals surface area contributed by atoms with E-state index in [0.717, 1.165) is 5.56 Å². The average Bonchev–Trinajstić information content (AvgIpc) is 2.83. The maximum atomic E-state index is 11.8. The third kappa shape index (κ3) is 2.22. The molecule has 20 heavy (non-hydrogen) atoms. The van der Waals surface area contributed by atoms with Crippen LogP contribution in [0.1, 0.15) is 11.4 Å². The van der Waals surface area contributed by atoms with E-state index in [1.807, 2.05) is 30.3 Å². The van der Waals surface area contributed by atoms with Crippen LogP contribution in [0.2, 0.25) is 0 Å². The van der Waals surface area contributed by atoms with Gasteiger partial charge in [-0.25, -0.2) is 4.98 Å². The molecule has 7 nitrogen and oxygen atoms in total. The van der Waals surface area contributed by atoms with E-state index in [1.165, 1.54) is 0 Å². The van der Waals surface area contributed by atoms with Gasteiger partial charge >= 0.3 is 0 Å². The second-order valence-corrected chi connectivity index (χ2v) is 4.20. The number of nitrogens with one attached hydrogen (secondary N) is 3. The third-order valence-corrected chi connectivity index (χ3v) is 2.80. The van der Waals surface area contributed by atoms with Crippen LogP contribution in [0.3, 0.4) is 0 Å². The number of rotatable bonds is 3. The molecule has 0 aliphatic carbocycles. The zero-order valence-corrected chi connectivity index (χ0v) is 10.3. The Morgan fingerprint density at radius 3 is 2.75 bits per heavy atom. The summed E-state index contributed by atoms with van der Waals surface area (Å²) in [6, 6.07) is 9.78. The van der Waals surface area contributed by atoms with E-state index in [1.54, 1.807) is 6.19 Å². The molecule has 3 rings (SSSR count). The standard InChI is InChI=1S/C13H10N6O/c14-7-15-13-18-11-10(12(20)19-13)16-9(17-11)6-8-4-2-1-3-5-8/h1-5H,6H2,(H3,15,16,17,18,19,20). The van der Waals surface area contributed by atoms with Gasteiger partial charge in [-0.1, -0.05) is 30.3 Å². The Balaban J connectivity index is 2.01. The molecule has 98 valence electrons. The fourth-order valence-corrected chi connectivity index (χ4v) is 1.94. The highest BCUT2D eigenvalue weighted by molar-refractivity contribution is 5.70. The molecule has 3 N–H and O–H groups in total. The fraction of sp³-hybridized carbons (Fsp3) is 0.0769. The summed E-state index contributed by atoms with van der Waals surface area (Å²) in [4.78, 5) is 25.6. The molecule has 0 aliphatic rings. The van der Waals surface area contributed by atoms with Gasteiger partial charge in [0.05, 0.1) is 0 Å². The Morgan fingerprint density at radius 1 is 1.20 bits per heavy atom. The van der Waals surface area contributed by atoms with Crippen LogP contribution in [-0.2, 0) is 6.42 Å². The average molecular weight is 266 g/mol. The van der Waals surface area contributed by atoms with E-state index in [0.29, 0.717) is 17.8 Å². The number of nitrogens with zero attached hydrogens (tertiary/aromatic N) is 3. The Morgan fingerprint density at radius 2 is 2.00 bits per heavy atom. The number of imidazole rings is 1. The van der Waals surface area contributed by atoms with Gasteiger partial charge in [-0.3, -0.25) is 15.1 Å². The van der Waals surface area contributed by atoms with Gasteiger partial charge in [0.15, 0.2) is 17.4 Å². The van der Waals surface area contributed by atoms with Crippen molar-refractivity contribution >= 4 is 17.1 Å². The van der Waals surface area contributed by atoms with Crippen molar-refractivity contribution in [1.82, 2.24) is 19.9 Å². The van der Waals surface area contributed by atoms with Crippen molar-refractivity contribution in [2.45, 2.75) is 6.42 Å². The second-order valence-electron chi connectivity index (χ2n) is 4.20. The van der Waals surface area contributed by atoms with E-state index in [9.17, 15) is 4.79 Å². The molecular weight excluding hydrogens is 256 g/mol. The number of aromatic amines is 2. The van der Waals surface area contributed by atoms with Crippen LogP contribution in [0.5, 0.6) is 0 Å². The zero-order chi connectivity index (χ0) is 13.9. The first-order chi connectivity index (χ1) is 9.76. The number of anilines is 1. The lowest BCUT2D eigenvalue weighted by atomic mass is 10.1. The summed E-state index contributed by atoms with van der Waals surface area (Å²) in [6.07, 6.45) is 2.28. The van der Waals surface area contributed by atoms with E-state index < -0.39 is 0 Å². The van der Waals surface area contributed by atoms with Crippen LogP contribution < -0.4 is 10.9 Å². The first-order valence-electron chi connectivity index (χ1n) is 5.94. The molecule has 1 aromatic carbocycles. The van der Waals surface area contributed by atoms with E-state index in [2.05, 4.69) is 25.3 Å². The van der Waals surface area contributed by atoms with Crippen LogP contribution in [-0.4, -0.2) is 19.9 Å². The van der Waals surface area contributed by atoms with Crippen molar-refractivity contribution in [3.8, 4) is 6.19 Å². The summed E-state index contributed by atoms with van der Waals surface area (Å²) in [6.45, 7) is 0. The van der Waals surface area contributed by atoms with E-state index >= 15 is 0 Å². The van der Waals surface area contributed by atoms with Gasteiger partial charge < -0.3 is 4.98 Å². The van der Waals surface area contributed by atoms with Gasteiger partial charge in [-0.15, -0.1) is 0 Å². The van der Waals surface area contributed by atoms with Gasteiger partial charge in [0, 0.05) is 6.42 Å². The highest BCUT2D eigenvalue weighted by Crippen LogP contribution is 2.10. The van der Waals surface area contributed by atoms with E-state index in [-0.39, 0.29) is 17.2 Å². The zero-order valence-electron chi connectivity index (χ0n) is 10.3. The summed E-state index contributed by atoms with van der Waals surface area (Å²) in [5.74, 6) is 0.737. The monoisotopic (exact) mass is 266 g/mol. The molecule has 0 spiro atoms. The number of aromatic nitrogens is 4. The third-order valence-electron chi connectivity index (χ3n) is 2.80. The summed E-state index contributed by atoms with van der Waals surface area (Å²) in [5.41, 5.74) is 1.31. The molecule has 0 atom stereocenters. The van der Waals surface area contributed by atoms with Crippen molar-refractivity contribution < 1.29 is 0 Å². The first-order valence-corrected chi connectivity index (χ1v) is 5.94. The van der Waals surface area contributed by atoms with Crippen molar-refractivity contribution in [3.05, 3.63) is 52.1 Å². The molecule has 7 heteroatoms. The summed E-state index contributed by atoms with van der Waals surface area (Å²) in [5, 5.41) is 10.8. The predicted molar refractivity (Wildman–Crippen MR) is 73.0 cm³/mol. The normalized spacial score (nSPS) is 10.3. The number of fused-ring (bicyclic) bond motifs is 1. The first kappa shape index (κ1) is 11.9. The molecule has 0 unspecified atom stereocenters. The van der Waals surface area contributed by atoms with Crippen LogP contribution in [0.25, 0.3) is 11.2 Å². The quantitative estimate of drug-likeness (QED) is 0.486. The minimum absolute atomic E-state index is 0.0859. The van der Waals surface area contributed by atoms with Gasteiger partial charge in [-0.05, 0) is 5.56 Å². The molecular formula is C13H10N6O. The van der Waals surface area contributed by atoms with Gasteiger partial charge in [0.2, 0.25) is 5.95 Å². The Bertz CT molecular complexity index is 843. The highest BCUT2D eigenvalue weighted by atomic mass is 16.1. The second kappa shape index (κ2) is 4.85. The molecule has 0 saturated heterocycles. The lowest BCUT2D eigenvalue weighted by Crippen LogP contribution is -2.10. The Kier molecular flexibility index (Phi) is 2.89. The van der Waals surface area contributed by atoms with Crippen LogP contribution in [0.4, 0.5) is 5.95 Å². The summed E-state index contributed by atoms with van der Waals surface area (Å²) >= 11 is 0. The minimum Gasteiger partial charge on any atom is -0.336 e. The summed E-state index contributed by atoms with van der Waals surface area (Å²) in [7, 11) is 0. The van der Waals surface area contributed by atoms with Crippen molar-refractivity contribution in [2.75, 3.05) is 5.32 Å². The topological polar surface area (TPSA) is 110 Å². The van der Waals surface area contributed by atoms with Gasteiger partial charge in [0.25, 0.3) is 5.56 Å². The fourth-order valence-electron chi connectivity index (χ4n) is 1.94. The number of nitriles is 1. The molecule has 0 radical (unpaired) electrons. The smallest absolute Gasteiger partial charge is 0.278 e. The molecule has 0 fully saturated rings. The molecule has 2 heterocycles. The molecule has 2 aromatic heterocycles. The predicted octanol–water partition coefficient (Wildman–Crippen LogP) is 1.13. The molecule has 0 amide bonds. The lowest BCUT2D eigenvalue weighted by molar-refractivity contribution is 1.03. The number of hydrogen-bond acceptors (Lipinski definition) is 5. The largest absolute Gasteiger partial charge is 0.336 e. The number of hydrogen-bond donors (Lipinski definition) is 3. The minimum atomic E-state index is -0.362. The lowest BCUT2D eigenvalue weighted by Gasteiger charge is -1.95. The molecule has 0 saturated carbocycles. The number of benzene rings is 1. The Hall–Kier alpha value is -3.14. The van der Waals surface area contributed by atoms with Crippen molar-refractivity contribution in [1.29, 1.82) is 5.26 Å². The Labute approximate surface area is 113 Å². The van der Waals surface area contributed by atoms with Crippen molar-refractivity contribution in [3.63, 3.8) is 0 Å². The maximum Gasteiger partial charge on any atom is 0.278 e. The van der Waals surface area contributed by atoms with Gasteiger partial charge in [0.1, 0.15) is 5.82 Å². The van der Waals surface area contributed by atoms with Crippen LogP contribution >= 0.6 is 0 Å². The molecule has 0 bridgehead atoms.